The summed E-state index contributed by atoms with van der Waals surface area (Å²) in [5.74, 6) is 3.38. The van der Waals surface area contributed by atoms with Crippen molar-refractivity contribution in [1.29, 1.82) is 0 Å². The van der Waals surface area contributed by atoms with Gasteiger partial charge in [-0.1, -0.05) is 328 Å². The molecule has 0 saturated heterocycles. The molecule has 10 nitrogen and oxygen atoms in total. The molecule has 0 unspecified atom stereocenters. The summed E-state index contributed by atoms with van der Waals surface area (Å²) in [7, 11) is 0. The van der Waals surface area contributed by atoms with E-state index in [1.807, 2.05) is 36.4 Å². The molecule has 0 aliphatic rings. The van der Waals surface area contributed by atoms with E-state index in [0.29, 0.717) is 35.2 Å². The van der Waals surface area contributed by atoms with E-state index in [-0.39, 0.29) is 0 Å². The first-order valence-corrected chi connectivity index (χ1v) is 37.5. The Morgan fingerprint density at radius 2 is 0.464 bits per heavy atom. The van der Waals surface area contributed by atoms with E-state index in [1.165, 1.54) is 0 Å². The van der Waals surface area contributed by atoms with Crippen molar-refractivity contribution in [3.8, 4) is 124 Å². The number of rotatable bonds is 12. The summed E-state index contributed by atoms with van der Waals surface area (Å²) in [5, 5.41) is 8.51. The summed E-state index contributed by atoms with van der Waals surface area (Å²) in [6.45, 7) is 0. The third kappa shape index (κ3) is 11.6. The average Bonchev–Trinajstić information content (AvgIpc) is 1.57. The Kier molecular flexibility index (Phi) is 16.0. The van der Waals surface area contributed by atoms with Crippen molar-refractivity contribution in [3.63, 3.8) is 0 Å². The van der Waals surface area contributed by atoms with E-state index in [9.17, 15) is 0 Å². The lowest BCUT2D eigenvalue weighted by Crippen LogP contribution is -2.06. The fourth-order valence-corrected chi connectivity index (χ4v) is 16.0. The molecule has 0 saturated carbocycles. The second-order valence-corrected chi connectivity index (χ2v) is 28.1. The highest BCUT2D eigenvalue weighted by molar-refractivity contribution is 6.23. The molecule has 10 heteroatoms. The molecule has 22 aromatic rings. The van der Waals surface area contributed by atoms with Crippen molar-refractivity contribution in [2.75, 3.05) is 0 Å². The lowest BCUT2D eigenvalue weighted by atomic mass is 10.0. The van der Waals surface area contributed by atoms with Gasteiger partial charge in [-0.2, -0.15) is 19.9 Å². The largest absolute Gasteiger partial charge is 0.454 e. The topological polar surface area (TPSA) is 113 Å². The van der Waals surface area contributed by atoms with Crippen LogP contribution in [0.3, 0.4) is 0 Å². The maximum atomic E-state index is 7.01. The fourth-order valence-electron chi connectivity index (χ4n) is 16.0. The van der Waals surface area contributed by atoms with Gasteiger partial charge in [0.1, 0.15) is 22.2 Å². The van der Waals surface area contributed by atoms with Crippen LogP contribution < -0.4 is 0 Å². The van der Waals surface area contributed by atoms with Crippen LogP contribution in [-0.4, -0.2) is 39.0 Å². The standard InChI is InChI=1S/2C51H32N4O/c1-4-15-33(16-5-1)36-21-12-23-38(31-36)49-52-50(39-24-13-22-37(32-39)34-17-6-2-7-18-34)54-51(53-49)55-45-28-11-10-25-41(45)42-29-30-44-43-27-14-26-40(35-19-8-3-9-20-35)47(43)56-48(44)46(42)55;1-4-14-33(15-5-1)36-20-12-22-39(30-36)49-52-50(40-23-13-21-37(31-40)34-16-6-2-7-17-34)54-51(53-49)55-45-25-11-10-24-41(45)43-28-29-44-42-27-26-38(35-18-8-3-9-19-35)32-46(42)56-48(44)47(43)55/h2*1-32H. The van der Waals surface area contributed by atoms with E-state index < -0.39 is 0 Å². The summed E-state index contributed by atoms with van der Waals surface area (Å²) in [4.78, 5) is 31.6. The first-order chi connectivity index (χ1) is 55.5. The molecule has 6 aromatic heterocycles. The summed E-state index contributed by atoms with van der Waals surface area (Å²) >= 11 is 0. The normalized spacial score (nSPS) is 11.6. The van der Waals surface area contributed by atoms with Crippen LogP contribution in [0.5, 0.6) is 0 Å². The zero-order chi connectivity index (χ0) is 74.0. The van der Waals surface area contributed by atoms with Crippen molar-refractivity contribution >= 4 is 87.5 Å². The van der Waals surface area contributed by atoms with Gasteiger partial charge in [-0.3, -0.25) is 9.13 Å². The minimum Gasteiger partial charge on any atom is -0.454 e. The van der Waals surface area contributed by atoms with Crippen LogP contribution in [0.4, 0.5) is 0 Å². The molecule has 0 aliphatic heterocycles. The van der Waals surface area contributed by atoms with Gasteiger partial charge in [-0.25, -0.2) is 9.97 Å². The molecular formula is C102H64N8O2. The molecule has 16 aromatic carbocycles. The van der Waals surface area contributed by atoms with Crippen LogP contribution in [-0.2, 0) is 0 Å². The smallest absolute Gasteiger partial charge is 0.238 e. The van der Waals surface area contributed by atoms with E-state index >= 15 is 0 Å². The number of fused-ring (bicyclic) bond motifs is 14. The first-order valence-electron chi connectivity index (χ1n) is 37.5. The van der Waals surface area contributed by atoms with Crippen LogP contribution in [0.15, 0.2) is 397 Å². The third-order valence-electron chi connectivity index (χ3n) is 21.3. The molecule has 0 spiro atoms. The zero-order valence-electron chi connectivity index (χ0n) is 60.3. The minimum atomic E-state index is 0.516. The Bertz CT molecular complexity index is 7160. The molecule has 0 amide bonds. The van der Waals surface area contributed by atoms with E-state index in [1.54, 1.807) is 0 Å². The summed E-state index contributed by atoms with van der Waals surface area (Å²) < 4.78 is 18.2. The SMILES string of the molecule is c1ccc(-c2cccc(-c3nc(-c4cccc(-c5ccccc5)c4)nc(-n4c5ccccc5c5ccc6c7ccc(-c8ccccc8)cc7oc6c54)n3)c2)cc1.c1ccc(-c2cccc(-c3nc(-c4cccc(-c5ccccc5)c4)nc(-n4c5ccccc5c5ccc6c7cccc(-c8ccccc8)c7oc6c54)n3)c2)cc1. The molecule has 22 rings (SSSR count). The van der Waals surface area contributed by atoms with E-state index in [2.05, 4.69) is 361 Å². The Hall–Kier alpha value is -15.3. The number of aromatic nitrogens is 8. The second kappa shape index (κ2) is 27.5. The zero-order valence-corrected chi connectivity index (χ0v) is 60.3. The van der Waals surface area contributed by atoms with Crippen molar-refractivity contribution in [2.45, 2.75) is 0 Å². The van der Waals surface area contributed by atoms with Crippen LogP contribution in [0.1, 0.15) is 0 Å². The Balaban J connectivity index is 0.000000141. The van der Waals surface area contributed by atoms with Crippen molar-refractivity contribution in [2.24, 2.45) is 0 Å². The van der Waals surface area contributed by atoms with Crippen molar-refractivity contribution in [3.05, 3.63) is 388 Å². The first kappa shape index (κ1) is 65.1. The number of hydrogen-bond acceptors (Lipinski definition) is 8. The van der Waals surface area contributed by atoms with Crippen LogP contribution in [0, 0.1) is 0 Å². The Morgan fingerprint density at radius 1 is 0.179 bits per heavy atom. The monoisotopic (exact) mass is 1430 g/mol. The van der Waals surface area contributed by atoms with Gasteiger partial charge in [0.05, 0.1) is 11.0 Å². The summed E-state index contributed by atoms with van der Waals surface area (Å²) in [5.41, 5.74) is 24.0. The van der Waals surface area contributed by atoms with Gasteiger partial charge in [-0.15, -0.1) is 0 Å². The third-order valence-corrected chi connectivity index (χ3v) is 21.3. The van der Waals surface area contributed by atoms with Gasteiger partial charge >= 0.3 is 0 Å². The predicted octanol–water partition coefficient (Wildman–Crippen LogP) is 26.4. The highest BCUT2D eigenvalue weighted by atomic mass is 16.3. The quantitative estimate of drug-likeness (QED) is 0.119. The maximum Gasteiger partial charge on any atom is 0.238 e. The van der Waals surface area contributed by atoms with Crippen molar-refractivity contribution < 1.29 is 8.83 Å². The molecule has 524 valence electrons. The lowest BCUT2D eigenvalue weighted by Gasteiger charge is -2.12. The molecule has 6 heterocycles. The van der Waals surface area contributed by atoms with Gasteiger partial charge in [0.25, 0.3) is 0 Å². The van der Waals surface area contributed by atoms with E-state index in [4.69, 9.17) is 38.7 Å². The van der Waals surface area contributed by atoms with E-state index in [0.717, 1.165) is 177 Å². The Labute approximate surface area is 643 Å². The molecule has 0 fully saturated rings. The van der Waals surface area contributed by atoms with Gasteiger partial charge in [0.15, 0.2) is 34.5 Å². The van der Waals surface area contributed by atoms with Gasteiger partial charge < -0.3 is 8.83 Å². The molecular weight excluding hydrogens is 1370 g/mol. The highest BCUT2D eigenvalue weighted by Gasteiger charge is 2.26. The average molecular weight is 1430 g/mol. The van der Waals surface area contributed by atoms with Gasteiger partial charge in [0.2, 0.25) is 11.9 Å². The van der Waals surface area contributed by atoms with Gasteiger partial charge in [0, 0.05) is 70.9 Å². The Morgan fingerprint density at radius 3 is 0.866 bits per heavy atom. The number of para-hydroxylation sites is 3. The second-order valence-electron chi connectivity index (χ2n) is 28.1. The number of furan rings is 2. The molecule has 112 heavy (non-hydrogen) atoms. The minimum absolute atomic E-state index is 0.516. The molecule has 0 atom stereocenters. The molecule has 0 N–H and O–H groups in total. The maximum absolute atomic E-state index is 7.01. The van der Waals surface area contributed by atoms with Crippen LogP contribution in [0.25, 0.3) is 212 Å². The number of nitrogens with zero attached hydrogens (tertiary/aromatic N) is 8. The number of benzene rings is 16. The molecule has 0 aliphatic carbocycles. The molecule has 0 radical (unpaired) electrons. The number of hydrogen-bond donors (Lipinski definition) is 0. The van der Waals surface area contributed by atoms with Crippen LogP contribution >= 0.6 is 0 Å². The lowest BCUT2D eigenvalue weighted by molar-refractivity contribution is 0.670. The predicted molar refractivity (Wildman–Crippen MR) is 457 cm³/mol. The highest BCUT2D eigenvalue weighted by Crippen LogP contribution is 2.45. The summed E-state index contributed by atoms with van der Waals surface area (Å²) in [6, 6.07) is 135. The fraction of sp³-hybridized carbons (Fsp3) is 0. The van der Waals surface area contributed by atoms with Gasteiger partial charge in [-0.05, 0) is 122 Å². The summed E-state index contributed by atoms with van der Waals surface area (Å²) in [6.07, 6.45) is 0. The van der Waals surface area contributed by atoms with Crippen LogP contribution in [0.2, 0.25) is 0 Å². The molecule has 0 bridgehead atoms. The van der Waals surface area contributed by atoms with Crippen molar-refractivity contribution in [1.82, 2.24) is 39.0 Å².